The lowest BCUT2D eigenvalue weighted by Crippen LogP contribution is -2.46. The highest BCUT2D eigenvalue weighted by Crippen LogP contribution is 2.33. The van der Waals surface area contributed by atoms with Crippen molar-refractivity contribution in [2.24, 2.45) is 17.6 Å². The van der Waals surface area contributed by atoms with Crippen LogP contribution in [0.25, 0.3) is 0 Å². The van der Waals surface area contributed by atoms with Crippen molar-refractivity contribution in [3.63, 3.8) is 0 Å². The van der Waals surface area contributed by atoms with E-state index in [1.807, 2.05) is 28.0 Å². The van der Waals surface area contributed by atoms with Gasteiger partial charge in [-0.3, -0.25) is 14.6 Å². The summed E-state index contributed by atoms with van der Waals surface area (Å²) in [7, 11) is 0. The van der Waals surface area contributed by atoms with Gasteiger partial charge in [0.2, 0.25) is 5.91 Å². The molecule has 2 amide bonds. The summed E-state index contributed by atoms with van der Waals surface area (Å²) in [5, 5.41) is 0. The molecule has 2 saturated heterocycles. The Balaban J connectivity index is 1.43. The molecule has 2 aromatic rings. The quantitative estimate of drug-likeness (QED) is 0.865. The number of pyridine rings is 1. The lowest BCUT2D eigenvalue weighted by molar-refractivity contribution is -0.136. The minimum absolute atomic E-state index is 0.0201. The van der Waals surface area contributed by atoms with Gasteiger partial charge in [-0.05, 0) is 43.0 Å². The van der Waals surface area contributed by atoms with Crippen molar-refractivity contribution in [1.82, 2.24) is 14.8 Å². The smallest absolute Gasteiger partial charge is 0.253 e. The Bertz CT molecular complexity index is 842. The predicted molar refractivity (Wildman–Crippen MR) is 111 cm³/mol. The van der Waals surface area contributed by atoms with Gasteiger partial charge in [0.1, 0.15) is 0 Å². The van der Waals surface area contributed by atoms with Crippen LogP contribution in [-0.2, 0) is 4.79 Å². The second kappa shape index (κ2) is 8.74. The van der Waals surface area contributed by atoms with Gasteiger partial charge in [-0.1, -0.05) is 30.3 Å². The largest absolute Gasteiger partial charge is 0.341 e. The van der Waals surface area contributed by atoms with Crippen LogP contribution in [0.3, 0.4) is 0 Å². The fourth-order valence-corrected chi connectivity index (χ4v) is 4.67. The molecule has 2 N–H and O–H groups in total. The fraction of sp³-hybridized carbons (Fsp3) is 0.435. The molecule has 0 bridgehead atoms. The maximum absolute atomic E-state index is 13.3. The molecule has 1 unspecified atom stereocenters. The molecule has 1 aromatic heterocycles. The van der Waals surface area contributed by atoms with Crippen molar-refractivity contribution in [3.8, 4) is 0 Å². The summed E-state index contributed by atoms with van der Waals surface area (Å²) in [6.07, 6.45) is 4.93. The Morgan fingerprint density at radius 2 is 1.76 bits per heavy atom. The third kappa shape index (κ3) is 4.17. The highest BCUT2D eigenvalue weighted by molar-refractivity contribution is 5.94. The zero-order valence-corrected chi connectivity index (χ0v) is 16.6. The number of carbonyl (C=O) groups is 2. The number of amides is 2. The number of carbonyl (C=O) groups excluding carboxylic acids is 2. The number of nitrogens with two attached hydrogens (primary N) is 1. The van der Waals surface area contributed by atoms with Crippen LogP contribution in [0.4, 0.5) is 0 Å². The predicted octanol–water partition coefficient (Wildman–Crippen LogP) is 2.13. The molecule has 2 aliphatic rings. The van der Waals surface area contributed by atoms with E-state index < -0.39 is 0 Å². The average Bonchev–Trinajstić information content (AvgIpc) is 3.24. The molecule has 3 atom stereocenters. The molecule has 0 saturated carbocycles. The third-order valence-corrected chi connectivity index (χ3v) is 6.27. The summed E-state index contributed by atoms with van der Waals surface area (Å²) < 4.78 is 0. The van der Waals surface area contributed by atoms with E-state index >= 15 is 0 Å². The maximum atomic E-state index is 13.3. The number of likely N-dealkylation sites (tertiary alicyclic amines) is 2. The first-order valence-corrected chi connectivity index (χ1v) is 10.4. The first-order valence-electron chi connectivity index (χ1n) is 10.4. The topological polar surface area (TPSA) is 79.5 Å². The van der Waals surface area contributed by atoms with Gasteiger partial charge in [0.25, 0.3) is 5.91 Å². The van der Waals surface area contributed by atoms with Crippen molar-refractivity contribution in [2.45, 2.75) is 18.8 Å². The fourth-order valence-electron chi connectivity index (χ4n) is 4.67. The summed E-state index contributed by atoms with van der Waals surface area (Å²) in [6.45, 7) is 3.16. The molecular weight excluding hydrogens is 364 g/mol. The lowest BCUT2D eigenvalue weighted by Gasteiger charge is -2.34. The molecule has 0 spiro atoms. The van der Waals surface area contributed by atoms with E-state index in [9.17, 15) is 9.59 Å². The molecule has 29 heavy (non-hydrogen) atoms. The molecule has 2 fully saturated rings. The van der Waals surface area contributed by atoms with Crippen LogP contribution in [0, 0.1) is 11.8 Å². The summed E-state index contributed by atoms with van der Waals surface area (Å²) in [5.41, 5.74) is 7.91. The molecular formula is C23H28N4O2. The normalized spacial score (nSPS) is 24.5. The van der Waals surface area contributed by atoms with E-state index in [1.165, 1.54) is 5.56 Å². The van der Waals surface area contributed by atoms with Crippen molar-refractivity contribution in [1.29, 1.82) is 0 Å². The van der Waals surface area contributed by atoms with Crippen LogP contribution in [0.15, 0.2) is 54.9 Å². The Morgan fingerprint density at radius 3 is 2.48 bits per heavy atom. The Kier molecular flexibility index (Phi) is 5.90. The minimum Gasteiger partial charge on any atom is -0.341 e. The average molecular weight is 393 g/mol. The van der Waals surface area contributed by atoms with Gasteiger partial charge >= 0.3 is 0 Å². The van der Waals surface area contributed by atoms with E-state index in [0.717, 1.165) is 12.8 Å². The Morgan fingerprint density at radius 1 is 1.00 bits per heavy atom. The molecule has 3 heterocycles. The molecule has 0 aliphatic carbocycles. The second-order valence-corrected chi connectivity index (χ2v) is 8.08. The first kappa shape index (κ1) is 19.6. The Hall–Kier alpha value is -2.73. The van der Waals surface area contributed by atoms with Crippen LogP contribution in [0.2, 0.25) is 0 Å². The molecule has 2 aliphatic heterocycles. The highest BCUT2D eigenvalue weighted by atomic mass is 16.2. The van der Waals surface area contributed by atoms with Crippen LogP contribution in [0.5, 0.6) is 0 Å². The minimum atomic E-state index is -0.137. The molecule has 152 valence electrons. The highest BCUT2D eigenvalue weighted by Gasteiger charge is 2.39. The maximum Gasteiger partial charge on any atom is 0.253 e. The molecule has 1 aromatic carbocycles. The van der Waals surface area contributed by atoms with Gasteiger partial charge in [-0.15, -0.1) is 0 Å². The van der Waals surface area contributed by atoms with E-state index in [1.54, 1.807) is 24.5 Å². The monoisotopic (exact) mass is 392 g/mol. The number of rotatable bonds is 4. The van der Waals surface area contributed by atoms with Gasteiger partial charge in [-0.25, -0.2) is 0 Å². The summed E-state index contributed by atoms with van der Waals surface area (Å²) in [6, 6.07) is 13.8. The van der Waals surface area contributed by atoms with Crippen LogP contribution < -0.4 is 5.73 Å². The molecule has 6 nitrogen and oxygen atoms in total. The summed E-state index contributed by atoms with van der Waals surface area (Å²) in [4.78, 5) is 33.8. The van der Waals surface area contributed by atoms with Gasteiger partial charge < -0.3 is 15.5 Å². The molecule has 4 rings (SSSR count). The number of hydrogen-bond donors (Lipinski definition) is 1. The van der Waals surface area contributed by atoms with E-state index in [0.29, 0.717) is 38.3 Å². The summed E-state index contributed by atoms with van der Waals surface area (Å²) in [5.74, 6) is 0.563. The Labute approximate surface area is 171 Å². The van der Waals surface area contributed by atoms with Gasteiger partial charge in [0.15, 0.2) is 0 Å². The van der Waals surface area contributed by atoms with E-state index in [-0.39, 0.29) is 29.6 Å². The van der Waals surface area contributed by atoms with E-state index in [4.69, 9.17) is 5.73 Å². The van der Waals surface area contributed by atoms with Gasteiger partial charge in [-0.2, -0.15) is 0 Å². The number of piperidine rings is 1. The molecule has 0 radical (unpaired) electrons. The van der Waals surface area contributed by atoms with Gasteiger partial charge in [0.05, 0.1) is 5.92 Å². The van der Waals surface area contributed by atoms with Crippen molar-refractivity contribution >= 4 is 11.8 Å². The lowest BCUT2D eigenvalue weighted by atomic mass is 9.89. The first-order chi connectivity index (χ1) is 14.2. The second-order valence-electron chi connectivity index (χ2n) is 8.08. The SMILES string of the molecule is NC[C@@H]1CN(C(=O)C2CCCN(C(=O)c3ccncc3)C2)C[C@H]1c1ccccc1. The van der Waals surface area contributed by atoms with Crippen molar-refractivity contribution in [2.75, 3.05) is 32.7 Å². The number of aromatic nitrogens is 1. The summed E-state index contributed by atoms with van der Waals surface area (Å²) >= 11 is 0. The standard InChI is InChI=1S/C23H28N4O2/c24-13-20-15-27(16-21(20)17-5-2-1-3-6-17)23(29)19-7-4-12-26(14-19)22(28)18-8-10-25-11-9-18/h1-3,5-6,8-11,19-21H,4,7,12-16,24H2/t19?,20-,21+/m1/s1. The van der Waals surface area contributed by atoms with Gasteiger partial charge in [0, 0.05) is 50.1 Å². The van der Waals surface area contributed by atoms with Crippen LogP contribution in [0.1, 0.15) is 34.7 Å². The number of hydrogen-bond acceptors (Lipinski definition) is 4. The van der Waals surface area contributed by atoms with E-state index in [2.05, 4.69) is 17.1 Å². The zero-order valence-electron chi connectivity index (χ0n) is 16.6. The van der Waals surface area contributed by atoms with Crippen LogP contribution in [-0.4, -0.2) is 59.3 Å². The molecule has 6 heteroatoms. The third-order valence-electron chi connectivity index (χ3n) is 6.27. The van der Waals surface area contributed by atoms with Crippen molar-refractivity contribution < 1.29 is 9.59 Å². The van der Waals surface area contributed by atoms with Crippen LogP contribution >= 0.6 is 0 Å². The number of benzene rings is 1. The van der Waals surface area contributed by atoms with Crippen molar-refractivity contribution in [3.05, 3.63) is 66.0 Å². The zero-order chi connectivity index (χ0) is 20.2. The number of nitrogens with zero attached hydrogens (tertiary/aromatic N) is 3.